The molecule has 1 aromatic rings. The van der Waals surface area contributed by atoms with Crippen LogP contribution in [0.4, 0.5) is 0 Å². The zero-order chi connectivity index (χ0) is 14.2. The molecule has 20 heavy (non-hydrogen) atoms. The fourth-order valence-corrected chi connectivity index (χ4v) is 2.31. The van der Waals surface area contributed by atoms with Gasteiger partial charge in [0.1, 0.15) is 0 Å². The van der Waals surface area contributed by atoms with Crippen LogP contribution in [-0.4, -0.2) is 26.3 Å². The van der Waals surface area contributed by atoms with Gasteiger partial charge >= 0.3 is 0 Å². The molecule has 1 heterocycles. The number of ether oxygens (including phenoxy) is 2. The zero-order valence-corrected chi connectivity index (χ0v) is 12.6. The summed E-state index contributed by atoms with van der Waals surface area (Å²) in [4.78, 5) is 0. The summed E-state index contributed by atoms with van der Waals surface area (Å²) in [5, 5.41) is 3.34. The Morgan fingerprint density at radius 3 is 2.75 bits per heavy atom. The van der Waals surface area contributed by atoms with Gasteiger partial charge < -0.3 is 14.8 Å². The van der Waals surface area contributed by atoms with E-state index in [-0.39, 0.29) is 0 Å². The highest BCUT2D eigenvalue weighted by Crippen LogP contribution is 2.32. The predicted molar refractivity (Wildman–Crippen MR) is 83.5 cm³/mol. The molecule has 3 nitrogen and oxygen atoms in total. The van der Waals surface area contributed by atoms with Crippen molar-refractivity contribution >= 4 is 5.57 Å². The summed E-state index contributed by atoms with van der Waals surface area (Å²) in [5.74, 6) is 1.72. The summed E-state index contributed by atoms with van der Waals surface area (Å²) in [6, 6.07) is 6.29. The van der Waals surface area contributed by atoms with Gasteiger partial charge in [-0.25, -0.2) is 0 Å². The highest BCUT2D eigenvalue weighted by molar-refractivity contribution is 5.69. The predicted octanol–water partition coefficient (Wildman–Crippen LogP) is 3.64. The molecule has 1 N–H and O–H groups in total. The average molecular weight is 275 g/mol. The van der Waals surface area contributed by atoms with Crippen molar-refractivity contribution in [2.75, 3.05) is 26.3 Å². The lowest BCUT2D eigenvalue weighted by atomic mass is 10.00. The third-order valence-electron chi connectivity index (χ3n) is 3.43. The first-order valence-corrected chi connectivity index (χ1v) is 7.65. The van der Waals surface area contributed by atoms with E-state index < -0.39 is 0 Å². The SMILES string of the molecule is CCCCOc1ccc(C2=CCNCC2)cc1OCC. The Labute approximate surface area is 122 Å². The molecule has 2 rings (SSSR count). The van der Waals surface area contributed by atoms with Gasteiger partial charge in [0, 0.05) is 6.54 Å². The topological polar surface area (TPSA) is 30.5 Å². The van der Waals surface area contributed by atoms with E-state index in [1.165, 1.54) is 11.1 Å². The van der Waals surface area contributed by atoms with Crippen LogP contribution in [0, 0.1) is 0 Å². The van der Waals surface area contributed by atoms with Crippen LogP contribution in [0.5, 0.6) is 11.5 Å². The Morgan fingerprint density at radius 2 is 2.05 bits per heavy atom. The van der Waals surface area contributed by atoms with Crippen molar-refractivity contribution in [2.24, 2.45) is 0 Å². The van der Waals surface area contributed by atoms with E-state index in [0.717, 1.165) is 50.5 Å². The van der Waals surface area contributed by atoms with Gasteiger partial charge in [-0.1, -0.05) is 25.5 Å². The Hall–Kier alpha value is -1.48. The maximum Gasteiger partial charge on any atom is 0.161 e. The largest absolute Gasteiger partial charge is 0.490 e. The smallest absolute Gasteiger partial charge is 0.161 e. The van der Waals surface area contributed by atoms with E-state index in [4.69, 9.17) is 9.47 Å². The van der Waals surface area contributed by atoms with Crippen LogP contribution in [0.25, 0.3) is 5.57 Å². The first-order chi connectivity index (χ1) is 9.85. The molecule has 1 aromatic carbocycles. The molecule has 110 valence electrons. The van der Waals surface area contributed by atoms with E-state index in [9.17, 15) is 0 Å². The van der Waals surface area contributed by atoms with E-state index in [1.54, 1.807) is 0 Å². The number of hydrogen-bond donors (Lipinski definition) is 1. The van der Waals surface area contributed by atoms with Crippen LogP contribution < -0.4 is 14.8 Å². The number of rotatable bonds is 7. The van der Waals surface area contributed by atoms with Crippen molar-refractivity contribution in [3.63, 3.8) is 0 Å². The normalized spacial score (nSPS) is 14.8. The van der Waals surface area contributed by atoms with Gasteiger partial charge in [0.15, 0.2) is 11.5 Å². The van der Waals surface area contributed by atoms with Crippen LogP contribution in [-0.2, 0) is 0 Å². The molecule has 0 bridgehead atoms. The number of hydrogen-bond acceptors (Lipinski definition) is 3. The van der Waals surface area contributed by atoms with E-state index in [1.807, 2.05) is 13.0 Å². The Kier molecular flexibility index (Phi) is 5.93. The first kappa shape index (κ1) is 14.9. The minimum absolute atomic E-state index is 0.661. The van der Waals surface area contributed by atoms with Crippen molar-refractivity contribution in [2.45, 2.75) is 33.1 Å². The van der Waals surface area contributed by atoms with Gasteiger partial charge in [0.2, 0.25) is 0 Å². The summed E-state index contributed by atoms with van der Waals surface area (Å²) < 4.78 is 11.5. The minimum Gasteiger partial charge on any atom is -0.490 e. The average Bonchev–Trinajstić information content (AvgIpc) is 2.50. The lowest BCUT2D eigenvalue weighted by Gasteiger charge is -2.17. The van der Waals surface area contributed by atoms with E-state index >= 15 is 0 Å². The molecular formula is C17H25NO2. The molecule has 1 aliphatic rings. The van der Waals surface area contributed by atoms with Gasteiger partial charge in [-0.15, -0.1) is 0 Å². The van der Waals surface area contributed by atoms with Crippen LogP contribution >= 0.6 is 0 Å². The van der Waals surface area contributed by atoms with Crippen molar-refractivity contribution in [3.8, 4) is 11.5 Å². The molecule has 0 aliphatic carbocycles. The molecular weight excluding hydrogens is 250 g/mol. The third-order valence-corrected chi connectivity index (χ3v) is 3.43. The van der Waals surface area contributed by atoms with Crippen LogP contribution in [0.3, 0.4) is 0 Å². The van der Waals surface area contributed by atoms with Crippen molar-refractivity contribution in [1.29, 1.82) is 0 Å². The maximum atomic E-state index is 5.82. The van der Waals surface area contributed by atoms with Crippen molar-refractivity contribution in [1.82, 2.24) is 5.32 Å². The monoisotopic (exact) mass is 275 g/mol. The molecule has 0 spiro atoms. The van der Waals surface area contributed by atoms with Gasteiger partial charge in [-0.3, -0.25) is 0 Å². The second kappa shape index (κ2) is 7.95. The number of unbranched alkanes of at least 4 members (excludes halogenated alkanes) is 1. The van der Waals surface area contributed by atoms with Gasteiger partial charge in [-0.2, -0.15) is 0 Å². The zero-order valence-electron chi connectivity index (χ0n) is 12.6. The van der Waals surface area contributed by atoms with Gasteiger partial charge in [-0.05, 0) is 49.6 Å². The molecule has 3 heteroatoms. The first-order valence-electron chi connectivity index (χ1n) is 7.65. The van der Waals surface area contributed by atoms with Crippen molar-refractivity contribution < 1.29 is 9.47 Å². The highest BCUT2D eigenvalue weighted by atomic mass is 16.5. The molecule has 0 fully saturated rings. The fourth-order valence-electron chi connectivity index (χ4n) is 2.31. The molecule has 0 radical (unpaired) electrons. The summed E-state index contributed by atoms with van der Waals surface area (Å²) in [5.41, 5.74) is 2.64. The third kappa shape index (κ3) is 4.01. The molecule has 0 saturated carbocycles. The Balaban J connectivity index is 2.15. The van der Waals surface area contributed by atoms with Crippen LogP contribution in [0.1, 0.15) is 38.7 Å². The molecule has 1 aliphatic heterocycles. The van der Waals surface area contributed by atoms with E-state index in [2.05, 4.69) is 30.4 Å². The molecule has 0 saturated heterocycles. The number of nitrogens with one attached hydrogen (secondary N) is 1. The summed E-state index contributed by atoms with van der Waals surface area (Å²) in [6.45, 7) is 7.58. The second-order valence-electron chi connectivity index (χ2n) is 4.98. The second-order valence-corrected chi connectivity index (χ2v) is 4.98. The van der Waals surface area contributed by atoms with Crippen LogP contribution in [0.2, 0.25) is 0 Å². The summed E-state index contributed by atoms with van der Waals surface area (Å²) >= 11 is 0. The minimum atomic E-state index is 0.661. The highest BCUT2D eigenvalue weighted by Gasteiger charge is 2.11. The quantitative estimate of drug-likeness (QED) is 0.771. The van der Waals surface area contributed by atoms with Crippen molar-refractivity contribution in [3.05, 3.63) is 29.8 Å². The summed E-state index contributed by atoms with van der Waals surface area (Å²) in [7, 11) is 0. The molecule has 0 atom stereocenters. The Bertz CT molecular complexity index is 454. The van der Waals surface area contributed by atoms with Gasteiger partial charge in [0.05, 0.1) is 13.2 Å². The van der Waals surface area contributed by atoms with Gasteiger partial charge in [0.25, 0.3) is 0 Å². The molecule has 0 aromatic heterocycles. The lowest BCUT2D eigenvalue weighted by molar-refractivity contribution is 0.272. The maximum absolute atomic E-state index is 5.82. The number of benzene rings is 1. The molecule has 0 amide bonds. The fraction of sp³-hybridized carbons (Fsp3) is 0.529. The Morgan fingerprint density at radius 1 is 1.15 bits per heavy atom. The lowest BCUT2D eigenvalue weighted by Crippen LogP contribution is -2.20. The molecule has 0 unspecified atom stereocenters. The van der Waals surface area contributed by atoms with E-state index in [0.29, 0.717) is 6.61 Å². The summed E-state index contributed by atoms with van der Waals surface area (Å²) in [6.07, 6.45) is 5.54. The van der Waals surface area contributed by atoms with Crippen LogP contribution in [0.15, 0.2) is 24.3 Å². The standard InChI is InChI=1S/C17H25NO2/c1-3-5-12-20-16-7-6-15(13-17(16)19-4-2)14-8-10-18-11-9-14/h6-8,13,18H,3-5,9-12H2,1-2H3.